The van der Waals surface area contributed by atoms with E-state index in [1.165, 1.54) is 0 Å². The van der Waals surface area contributed by atoms with E-state index in [0.717, 1.165) is 50.8 Å². The van der Waals surface area contributed by atoms with E-state index in [2.05, 4.69) is 5.10 Å². The number of hydrogen-bond acceptors (Lipinski definition) is 3. The topological polar surface area (TPSA) is 58.4 Å². The van der Waals surface area contributed by atoms with Crippen molar-refractivity contribution < 1.29 is 9.59 Å². The van der Waals surface area contributed by atoms with E-state index in [4.69, 9.17) is 0 Å². The highest BCUT2D eigenvalue weighted by Crippen LogP contribution is 2.33. The van der Waals surface area contributed by atoms with Crippen LogP contribution in [0, 0.1) is 0 Å². The van der Waals surface area contributed by atoms with E-state index in [0.29, 0.717) is 6.42 Å². The Kier molecular flexibility index (Phi) is 4.68. The molecule has 2 saturated heterocycles. The minimum absolute atomic E-state index is 0.0731. The Bertz CT molecular complexity index is 583. The summed E-state index contributed by atoms with van der Waals surface area (Å²) in [4.78, 5) is 28.5. The molecule has 6 nitrogen and oxygen atoms in total. The van der Waals surface area contributed by atoms with Gasteiger partial charge in [0.25, 0.3) is 0 Å². The summed E-state index contributed by atoms with van der Waals surface area (Å²) in [5.41, 5.74) is 1.12. The maximum Gasteiger partial charge on any atom is 0.225 e. The number of piperidine rings is 1. The molecule has 3 heterocycles. The van der Waals surface area contributed by atoms with Gasteiger partial charge < -0.3 is 9.80 Å². The summed E-state index contributed by atoms with van der Waals surface area (Å²) in [7, 11) is 1.90. The Balaban J connectivity index is 1.68. The molecule has 2 aliphatic rings. The molecule has 1 aromatic heterocycles. The summed E-state index contributed by atoms with van der Waals surface area (Å²) in [6.45, 7) is 3.21. The number of nitrogens with zero attached hydrogens (tertiary/aromatic N) is 4. The van der Waals surface area contributed by atoms with Crippen LogP contribution in [0.5, 0.6) is 0 Å². The number of carbonyl (C=O) groups is 2. The molecule has 0 aromatic carbocycles. The normalized spacial score (nSPS) is 25.0. The van der Waals surface area contributed by atoms with Gasteiger partial charge in [-0.05, 0) is 32.1 Å². The summed E-state index contributed by atoms with van der Waals surface area (Å²) in [5, 5.41) is 4.23. The van der Waals surface area contributed by atoms with Crippen LogP contribution in [0.4, 0.5) is 0 Å². The van der Waals surface area contributed by atoms with Crippen molar-refractivity contribution in [1.82, 2.24) is 19.6 Å². The van der Waals surface area contributed by atoms with Gasteiger partial charge in [0.15, 0.2) is 0 Å². The van der Waals surface area contributed by atoms with Gasteiger partial charge in [-0.15, -0.1) is 0 Å². The predicted octanol–water partition coefficient (Wildman–Crippen LogP) is 1.87. The molecule has 2 fully saturated rings. The van der Waals surface area contributed by atoms with Gasteiger partial charge in [0, 0.05) is 51.3 Å². The fraction of sp³-hybridized carbons (Fsp3) is 0.706. The average Bonchev–Trinajstić information content (AvgIpc) is 3.15. The smallest absolute Gasteiger partial charge is 0.225 e. The van der Waals surface area contributed by atoms with E-state index >= 15 is 0 Å². The van der Waals surface area contributed by atoms with Crippen LogP contribution >= 0.6 is 0 Å². The summed E-state index contributed by atoms with van der Waals surface area (Å²) in [6, 6.07) is 0.217. The lowest BCUT2D eigenvalue weighted by Crippen LogP contribution is -2.45. The zero-order chi connectivity index (χ0) is 16.4. The second kappa shape index (κ2) is 6.72. The number of aromatic nitrogens is 2. The zero-order valence-electron chi connectivity index (χ0n) is 14.1. The van der Waals surface area contributed by atoms with Gasteiger partial charge >= 0.3 is 0 Å². The summed E-state index contributed by atoms with van der Waals surface area (Å²) in [5.74, 6) is 0.266. The lowest BCUT2D eigenvalue weighted by atomic mass is 9.98. The molecule has 0 N–H and O–H groups in total. The third kappa shape index (κ3) is 3.41. The minimum atomic E-state index is 0.0731. The standard InChI is InChI=1S/C17H26N4O2/c1-13(22)20-8-4-3-6-15(20)10-17(23)21-9-5-7-16(21)14-11-18-19(2)12-14/h11-12,15-16H,3-10H2,1-2H3. The highest BCUT2D eigenvalue weighted by Gasteiger charge is 2.34. The van der Waals surface area contributed by atoms with E-state index < -0.39 is 0 Å². The third-order valence-electron chi connectivity index (χ3n) is 5.12. The molecule has 6 heteroatoms. The molecular formula is C17H26N4O2. The molecular weight excluding hydrogens is 292 g/mol. The SMILES string of the molecule is CC(=O)N1CCCCC1CC(=O)N1CCCC1c1cnn(C)c1. The lowest BCUT2D eigenvalue weighted by molar-refractivity contribution is -0.137. The van der Waals surface area contributed by atoms with Gasteiger partial charge in [-0.3, -0.25) is 14.3 Å². The second-order valence-electron chi connectivity index (χ2n) is 6.76. The van der Waals surface area contributed by atoms with E-state index in [1.807, 2.05) is 29.2 Å². The molecule has 2 amide bonds. The zero-order valence-corrected chi connectivity index (χ0v) is 14.1. The highest BCUT2D eigenvalue weighted by atomic mass is 16.2. The number of aryl methyl sites for hydroxylation is 1. The van der Waals surface area contributed by atoms with Crippen LogP contribution in [0.3, 0.4) is 0 Å². The minimum Gasteiger partial charge on any atom is -0.339 e. The van der Waals surface area contributed by atoms with E-state index in [1.54, 1.807) is 11.6 Å². The molecule has 2 aliphatic heterocycles. The number of amides is 2. The molecule has 0 bridgehead atoms. The number of carbonyl (C=O) groups excluding carboxylic acids is 2. The first-order valence-electron chi connectivity index (χ1n) is 8.61. The van der Waals surface area contributed by atoms with Crippen molar-refractivity contribution in [3.63, 3.8) is 0 Å². The quantitative estimate of drug-likeness (QED) is 0.855. The number of hydrogen-bond donors (Lipinski definition) is 0. The van der Waals surface area contributed by atoms with Crippen molar-refractivity contribution in [2.45, 2.75) is 57.5 Å². The molecule has 0 spiro atoms. The first-order valence-corrected chi connectivity index (χ1v) is 8.61. The first-order chi connectivity index (χ1) is 11.1. The lowest BCUT2D eigenvalue weighted by Gasteiger charge is -2.36. The molecule has 23 heavy (non-hydrogen) atoms. The largest absolute Gasteiger partial charge is 0.339 e. The van der Waals surface area contributed by atoms with Crippen LogP contribution in [0.2, 0.25) is 0 Å². The molecule has 3 rings (SSSR count). The van der Waals surface area contributed by atoms with Crippen LogP contribution in [-0.2, 0) is 16.6 Å². The monoisotopic (exact) mass is 318 g/mol. The maximum atomic E-state index is 12.8. The molecule has 0 radical (unpaired) electrons. The fourth-order valence-electron chi connectivity index (χ4n) is 3.97. The van der Waals surface area contributed by atoms with E-state index in [9.17, 15) is 9.59 Å². The first kappa shape index (κ1) is 16.0. The summed E-state index contributed by atoms with van der Waals surface area (Å²) >= 11 is 0. The Labute approximate surface area is 137 Å². The summed E-state index contributed by atoms with van der Waals surface area (Å²) in [6.07, 6.45) is 9.44. The van der Waals surface area contributed by atoms with Crippen molar-refractivity contribution in [3.05, 3.63) is 18.0 Å². The predicted molar refractivity (Wildman–Crippen MR) is 86.5 cm³/mol. The van der Waals surface area contributed by atoms with Gasteiger partial charge in [0.1, 0.15) is 0 Å². The highest BCUT2D eigenvalue weighted by molar-refractivity contribution is 5.79. The van der Waals surface area contributed by atoms with Crippen molar-refractivity contribution in [2.75, 3.05) is 13.1 Å². The Hall–Kier alpha value is -1.85. The molecule has 0 saturated carbocycles. The van der Waals surface area contributed by atoms with Gasteiger partial charge in [0.2, 0.25) is 11.8 Å². The molecule has 1 aromatic rings. The molecule has 2 unspecified atom stereocenters. The van der Waals surface area contributed by atoms with Crippen molar-refractivity contribution in [3.8, 4) is 0 Å². The third-order valence-corrected chi connectivity index (χ3v) is 5.12. The Morgan fingerprint density at radius 1 is 1.17 bits per heavy atom. The van der Waals surface area contributed by atoms with Crippen LogP contribution in [0.1, 0.15) is 57.1 Å². The molecule has 126 valence electrons. The number of likely N-dealkylation sites (tertiary alicyclic amines) is 2. The van der Waals surface area contributed by atoms with E-state index in [-0.39, 0.29) is 23.9 Å². The van der Waals surface area contributed by atoms with Gasteiger partial charge in [-0.25, -0.2) is 0 Å². The van der Waals surface area contributed by atoms with Crippen LogP contribution in [-0.4, -0.2) is 50.5 Å². The average molecular weight is 318 g/mol. The Morgan fingerprint density at radius 3 is 2.65 bits per heavy atom. The van der Waals surface area contributed by atoms with Crippen LogP contribution in [0.25, 0.3) is 0 Å². The molecule has 0 aliphatic carbocycles. The maximum absolute atomic E-state index is 12.8. The second-order valence-corrected chi connectivity index (χ2v) is 6.76. The van der Waals surface area contributed by atoms with Gasteiger partial charge in [-0.1, -0.05) is 0 Å². The van der Waals surface area contributed by atoms with Crippen molar-refractivity contribution in [2.24, 2.45) is 7.05 Å². The van der Waals surface area contributed by atoms with Gasteiger partial charge in [0.05, 0.1) is 12.2 Å². The van der Waals surface area contributed by atoms with Crippen molar-refractivity contribution in [1.29, 1.82) is 0 Å². The summed E-state index contributed by atoms with van der Waals surface area (Å²) < 4.78 is 1.79. The van der Waals surface area contributed by atoms with Gasteiger partial charge in [-0.2, -0.15) is 5.10 Å². The fourth-order valence-corrected chi connectivity index (χ4v) is 3.97. The van der Waals surface area contributed by atoms with Crippen LogP contribution in [0.15, 0.2) is 12.4 Å². The van der Waals surface area contributed by atoms with Crippen LogP contribution < -0.4 is 0 Å². The number of rotatable bonds is 3. The Morgan fingerprint density at radius 2 is 1.96 bits per heavy atom. The van der Waals surface area contributed by atoms with Crippen molar-refractivity contribution >= 4 is 11.8 Å². The molecule has 2 atom stereocenters.